The van der Waals surface area contributed by atoms with Crippen molar-refractivity contribution in [2.45, 2.75) is 13.0 Å². The smallest absolute Gasteiger partial charge is 0.194 e. The minimum absolute atomic E-state index is 0.847. The molecule has 1 atom stereocenters. The summed E-state index contributed by atoms with van der Waals surface area (Å²) in [7, 11) is -5.23. The summed E-state index contributed by atoms with van der Waals surface area (Å²) in [4.78, 5) is 40.7. The molecule has 1 unspecified atom stereocenters. The van der Waals surface area contributed by atoms with Crippen LogP contribution in [0.5, 0.6) is 0 Å². The molecule has 0 heterocycles. The van der Waals surface area contributed by atoms with Gasteiger partial charge in [-0.2, -0.15) is 0 Å². The van der Waals surface area contributed by atoms with Crippen LogP contribution < -0.4 is 9.79 Å². The fourth-order valence-electron chi connectivity index (χ4n) is 0.448. The first-order valence-corrected chi connectivity index (χ1v) is 4.58. The van der Waals surface area contributed by atoms with Gasteiger partial charge in [0.2, 0.25) is 0 Å². The van der Waals surface area contributed by atoms with Gasteiger partial charge in [0.25, 0.3) is 0 Å². The molecule has 7 nitrogen and oxygen atoms in total. The molecule has 0 saturated heterocycles. The number of carbonyl (C=O) groups is 2. The molecule has 0 fully saturated rings. The summed E-state index contributed by atoms with van der Waals surface area (Å²) >= 11 is 0. The molecule has 0 amide bonds. The number of phosphoric ester groups is 1. The third-order valence-electron chi connectivity index (χ3n) is 1.05. The first-order chi connectivity index (χ1) is 5.74. The lowest BCUT2D eigenvalue weighted by molar-refractivity contribution is -0.341. The van der Waals surface area contributed by atoms with Crippen LogP contribution in [0.1, 0.15) is 6.92 Å². The molecule has 0 radical (unpaired) electrons. The van der Waals surface area contributed by atoms with Crippen molar-refractivity contribution in [3.63, 3.8) is 0 Å². The van der Waals surface area contributed by atoms with Gasteiger partial charge in [-0.15, -0.1) is 0 Å². The van der Waals surface area contributed by atoms with Crippen LogP contribution in [0.4, 0.5) is 0 Å². The van der Waals surface area contributed by atoms with Crippen LogP contribution >= 0.6 is 7.82 Å². The van der Waals surface area contributed by atoms with E-state index in [0.29, 0.717) is 0 Å². The molecule has 0 rings (SSSR count). The van der Waals surface area contributed by atoms with E-state index in [1.165, 1.54) is 0 Å². The zero-order valence-corrected chi connectivity index (χ0v) is 7.52. The lowest BCUT2D eigenvalue weighted by Gasteiger charge is -2.28. The van der Waals surface area contributed by atoms with E-state index in [4.69, 9.17) is 5.11 Å². The summed E-state index contributed by atoms with van der Waals surface area (Å²) in [6, 6.07) is 0. The Bertz CT molecular complexity index is 254. The second-order valence-electron chi connectivity index (χ2n) is 2.20. The van der Waals surface area contributed by atoms with E-state index in [0.717, 1.165) is 6.92 Å². The summed E-state index contributed by atoms with van der Waals surface area (Å²) in [5, 5.41) is 8.72. The van der Waals surface area contributed by atoms with Gasteiger partial charge in [0.15, 0.2) is 17.7 Å². The monoisotopic (exact) mass is 210 g/mol. The number of aliphatic hydroxyl groups excluding tert-OH is 1. The second kappa shape index (κ2) is 4.59. The summed E-state index contributed by atoms with van der Waals surface area (Å²) in [6.45, 7) is -0.179. The van der Waals surface area contributed by atoms with Gasteiger partial charge in [0.05, 0.1) is 7.82 Å². The number of carbonyl (C=O) groups excluding carboxylic acids is 2. The van der Waals surface area contributed by atoms with Gasteiger partial charge in [-0.3, -0.25) is 9.59 Å². The molecule has 0 aliphatic rings. The summed E-state index contributed by atoms with van der Waals surface area (Å²) < 4.78 is 13.4. The average molecular weight is 210 g/mol. The zero-order chi connectivity index (χ0) is 10.6. The van der Waals surface area contributed by atoms with Gasteiger partial charge in [0.1, 0.15) is 6.61 Å². The fourth-order valence-corrected chi connectivity index (χ4v) is 0.734. The van der Waals surface area contributed by atoms with Gasteiger partial charge in [-0.25, -0.2) is 0 Å². The minimum Gasteiger partial charge on any atom is -0.790 e. The normalized spacial score (nSPS) is 13.8. The number of rotatable bonds is 5. The van der Waals surface area contributed by atoms with Crippen LogP contribution in [0.25, 0.3) is 0 Å². The second-order valence-corrected chi connectivity index (χ2v) is 3.35. The van der Waals surface area contributed by atoms with E-state index in [-0.39, 0.29) is 0 Å². The van der Waals surface area contributed by atoms with Gasteiger partial charge in [0, 0.05) is 0 Å². The predicted molar refractivity (Wildman–Crippen MR) is 35.3 cm³/mol. The lowest BCUT2D eigenvalue weighted by atomic mass is 10.2. The maximum atomic E-state index is 10.6. The maximum Gasteiger partial charge on any atom is 0.194 e. The molecule has 0 bridgehead atoms. The Kier molecular flexibility index (Phi) is 4.38. The SMILES string of the molecule is CC(=O)C(O)C(=O)COP(=O)([O-])[O-]. The molecule has 0 aliphatic carbocycles. The largest absolute Gasteiger partial charge is 0.790 e. The molecule has 0 spiro atoms. The van der Waals surface area contributed by atoms with Crippen molar-refractivity contribution in [3.8, 4) is 0 Å². The molecule has 0 aromatic rings. The molecule has 13 heavy (non-hydrogen) atoms. The first kappa shape index (κ1) is 12.4. The van der Waals surface area contributed by atoms with Crippen molar-refractivity contribution in [1.29, 1.82) is 0 Å². The van der Waals surface area contributed by atoms with Gasteiger partial charge in [-0.1, -0.05) is 0 Å². The molecular weight excluding hydrogens is 203 g/mol. The highest BCUT2D eigenvalue weighted by molar-refractivity contribution is 7.43. The number of aliphatic hydroxyl groups is 1. The zero-order valence-electron chi connectivity index (χ0n) is 6.63. The standard InChI is InChI=1S/C5H9O7P/c1-3(6)5(8)4(7)2-12-13(9,10)11/h5,8H,2H2,1H3,(H2,9,10,11)/p-2. The van der Waals surface area contributed by atoms with E-state index in [1.807, 2.05) is 0 Å². The summed E-state index contributed by atoms with van der Waals surface area (Å²) in [5.74, 6) is -2.01. The Morgan fingerprint density at radius 1 is 1.54 bits per heavy atom. The van der Waals surface area contributed by atoms with Gasteiger partial charge in [-0.05, 0) is 6.92 Å². The number of hydrogen-bond acceptors (Lipinski definition) is 7. The highest BCUT2D eigenvalue weighted by Gasteiger charge is 2.19. The molecule has 0 aliphatic heterocycles. The van der Waals surface area contributed by atoms with Crippen LogP contribution in [0, 0.1) is 0 Å². The quantitative estimate of drug-likeness (QED) is 0.387. The Labute approximate surface area is 73.6 Å². The van der Waals surface area contributed by atoms with Crippen molar-refractivity contribution < 1.29 is 33.6 Å². The van der Waals surface area contributed by atoms with E-state index in [2.05, 4.69) is 4.52 Å². The van der Waals surface area contributed by atoms with Gasteiger partial charge >= 0.3 is 0 Å². The van der Waals surface area contributed by atoms with Crippen LogP contribution in [-0.4, -0.2) is 29.4 Å². The Morgan fingerprint density at radius 3 is 2.31 bits per heavy atom. The van der Waals surface area contributed by atoms with Crippen molar-refractivity contribution in [1.82, 2.24) is 0 Å². The molecule has 1 N–H and O–H groups in total. The van der Waals surface area contributed by atoms with Gasteiger partial charge < -0.3 is 24.0 Å². The van der Waals surface area contributed by atoms with Crippen LogP contribution in [0.3, 0.4) is 0 Å². The Balaban J connectivity index is 4.03. The number of ketones is 2. The highest BCUT2D eigenvalue weighted by Crippen LogP contribution is 2.23. The van der Waals surface area contributed by atoms with Crippen molar-refractivity contribution >= 4 is 19.4 Å². The van der Waals surface area contributed by atoms with Crippen molar-refractivity contribution in [3.05, 3.63) is 0 Å². The molecule has 0 saturated carbocycles. The molecule has 0 aromatic heterocycles. The molecular formula is C5H7O7P-2. The molecule has 0 aromatic carbocycles. The number of hydrogen-bond donors (Lipinski definition) is 1. The fraction of sp³-hybridized carbons (Fsp3) is 0.600. The molecule has 76 valence electrons. The third-order valence-corrected chi connectivity index (χ3v) is 1.50. The van der Waals surface area contributed by atoms with Crippen LogP contribution in [-0.2, 0) is 18.7 Å². The topological polar surface area (TPSA) is 127 Å². The maximum absolute atomic E-state index is 10.6. The van der Waals surface area contributed by atoms with Crippen molar-refractivity contribution in [2.24, 2.45) is 0 Å². The summed E-state index contributed by atoms with van der Waals surface area (Å²) in [6.07, 6.45) is -1.94. The Hall–Kier alpha value is -0.590. The predicted octanol–water partition coefficient (Wildman–Crippen LogP) is -2.65. The number of phosphoric acid groups is 1. The van der Waals surface area contributed by atoms with E-state index >= 15 is 0 Å². The average Bonchev–Trinajstić information content (AvgIpc) is 1.97. The number of Topliss-reactive ketones (excluding diaryl/α,β-unsaturated/α-hetero) is 2. The lowest BCUT2D eigenvalue weighted by Crippen LogP contribution is -2.32. The summed E-state index contributed by atoms with van der Waals surface area (Å²) in [5.41, 5.74) is 0. The third kappa shape index (κ3) is 5.62. The minimum atomic E-state index is -5.23. The highest BCUT2D eigenvalue weighted by atomic mass is 31.2. The van der Waals surface area contributed by atoms with E-state index in [9.17, 15) is 23.9 Å². The van der Waals surface area contributed by atoms with Crippen molar-refractivity contribution in [2.75, 3.05) is 6.61 Å². The van der Waals surface area contributed by atoms with Crippen LogP contribution in [0.15, 0.2) is 0 Å². The van der Waals surface area contributed by atoms with Crippen LogP contribution in [0.2, 0.25) is 0 Å². The Morgan fingerprint density at radius 2 is 2.00 bits per heavy atom. The van der Waals surface area contributed by atoms with E-state index < -0.39 is 32.1 Å². The molecule has 8 heteroatoms. The first-order valence-electron chi connectivity index (χ1n) is 3.12. The van der Waals surface area contributed by atoms with E-state index in [1.54, 1.807) is 0 Å².